The maximum atomic E-state index is 15.0. The summed E-state index contributed by atoms with van der Waals surface area (Å²) in [4.78, 5) is 35.2. The molecule has 0 aromatic carbocycles. The van der Waals surface area contributed by atoms with Crippen molar-refractivity contribution in [3.63, 3.8) is 0 Å². The number of aromatic nitrogens is 5. The highest BCUT2D eigenvalue weighted by atomic mass is 19.1. The lowest BCUT2D eigenvalue weighted by Gasteiger charge is -2.36. The molecule has 1 fully saturated rings. The predicted octanol–water partition coefficient (Wildman–Crippen LogP) is 5.08. The van der Waals surface area contributed by atoms with Crippen LogP contribution >= 0.6 is 0 Å². The molecule has 0 unspecified atom stereocenters. The molecule has 11 heteroatoms. The van der Waals surface area contributed by atoms with E-state index in [0.717, 1.165) is 44.5 Å². The fourth-order valence-electron chi connectivity index (χ4n) is 4.72. The van der Waals surface area contributed by atoms with Gasteiger partial charge in [0.15, 0.2) is 5.82 Å². The Bertz CT molecular complexity index is 1490. The highest BCUT2D eigenvalue weighted by Crippen LogP contribution is 2.31. The molecule has 0 saturated carbocycles. The number of halogens is 1. The third-order valence-electron chi connectivity index (χ3n) is 6.76. The molecule has 5 heterocycles. The van der Waals surface area contributed by atoms with Gasteiger partial charge < -0.3 is 10.1 Å². The SMILES string of the molecule is CC(C)N1CCN(Cc2ccc(Nc3ncc(F)c(-c4cn(C(=O)OC(C)(C)C)c5ncccc45)n3)nc2)CC1. The topological polar surface area (TPSA) is 101 Å². The van der Waals surface area contributed by atoms with Crippen molar-refractivity contribution in [1.82, 2.24) is 34.3 Å². The van der Waals surface area contributed by atoms with E-state index in [1.165, 1.54) is 10.8 Å². The zero-order valence-corrected chi connectivity index (χ0v) is 23.6. The number of carbonyl (C=O) groups is 1. The number of carbonyl (C=O) groups excluding carboxylic acids is 1. The van der Waals surface area contributed by atoms with E-state index in [9.17, 15) is 4.79 Å². The van der Waals surface area contributed by atoms with Crippen LogP contribution in [-0.2, 0) is 11.3 Å². The first-order valence-electron chi connectivity index (χ1n) is 13.5. The first-order chi connectivity index (χ1) is 19.1. The minimum Gasteiger partial charge on any atom is -0.443 e. The molecular formula is C29H35FN8O2. The zero-order chi connectivity index (χ0) is 28.4. The van der Waals surface area contributed by atoms with Crippen LogP contribution in [0.3, 0.4) is 0 Å². The molecule has 0 bridgehead atoms. The number of nitrogens with one attached hydrogen (secondary N) is 1. The molecule has 210 valence electrons. The number of pyridine rings is 2. The second-order valence-electron chi connectivity index (χ2n) is 11.2. The molecule has 5 rings (SSSR count). The van der Waals surface area contributed by atoms with Gasteiger partial charge in [0.05, 0.1) is 6.20 Å². The number of piperazine rings is 1. The van der Waals surface area contributed by atoms with E-state index in [-0.39, 0.29) is 11.6 Å². The monoisotopic (exact) mass is 546 g/mol. The van der Waals surface area contributed by atoms with E-state index in [1.807, 2.05) is 18.3 Å². The van der Waals surface area contributed by atoms with Crippen molar-refractivity contribution in [2.75, 3.05) is 31.5 Å². The van der Waals surface area contributed by atoms with Crippen molar-refractivity contribution in [3.05, 3.63) is 60.4 Å². The van der Waals surface area contributed by atoms with E-state index in [1.54, 1.807) is 39.1 Å². The van der Waals surface area contributed by atoms with Crippen molar-refractivity contribution >= 4 is 28.9 Å². The molecular weight excluding hydrogens is 511 g/mol. The minimum absolute atomic E-state index is 0.0370. The second-order valence-corrected chi connectivity index (χ2v) is 11.2. The van der Waals surface area contributed by atoms with Crippen LogP contribution in [0.25, 0.3) is 22.3 Å². The normalized spacial score (nSPS) is 15.1. The third kappa shape index (κ3) is 6.26. The van der Waals surface area contributed by atoms with E-state index in [4.69, 9.17) is 4.74 Å². The number of hydrogen-bond donors (Lipinski definition) is 1. The van der Waals surface area contributed by atoms with Gasteiger partial charge in [-0.2, -0.15) is 0 Å². The molecule has 0 aliphatic carbocycles. The number of hydrogen-bond acceptors (Lipinski definition) is 9. The first kappa shape index (κ1) is 27.6. The lowest BCUT2D eigenvalue weighted by molar-refractivity contribution is 0.0543. The molecule has 1 aliphatic heterocycles. The molecule has 0 spiro atoms. The lowest BCUT2D eigenvalue weighted by Crippen LogP contribution is -2.48. The summed E-state index contributed by atoms with van der Waals surface area (Å²) in [5.74, 6) is 0.103. The summed E-state index contributed by atoms with van der Waals surface area (Å²) in [6.45, 7) is 14.9. The van der Waals surface area contributed by atoms with Crippen LogP contribution in [0.15, 0.2) is 49.1 Å². The Morgan fingerprint density at radius 1 is 1.07 bits per heavy atom. The maximum absolute atomic E-state index is 15.0. The molecule has 0 atom stereocenters. The minimum atomic E-state index is -0.703. The second kappa shape index (κ2) is 11.3. The standard InChI is InChI=1S/C29H35FN8O2/c1-19(2)37-13-11-36(12-14-37)17-20-8-9-24(32-15-20)34-27-33-16-23(30)25(35-27)22-18-38(28(39)40-29(3,4)5)26-21(22)7-6-10-31-26/h6-10,15-16,18-19H,11-14,17H2,1-5H3,(H,32,33,34,35). The number of ether oxygens (including phenoxy) is 1. The average molecular weight is 547 g/mol. The van der Waals surface area contributed by atoms with Crippen LogP contribution in [0.5, 0.6) is 0 Å². The summed E-state index contributed by atoms with van der Waals surface area (Å²) in [6, 6.07) is 7.94. The molecule has 4 aromatic rings. The average Bonchev–Trinajstić information content (AvgIpc) is 3.30. The Hall–Kier alpha value is -3.96. The fraction of sp³-hybridized carbons (Fsp3) is 0.414. The molecule has 1 N–H and O–H groups in total. The van der Waals surface area contributed by atoms with Crippen molar-refractivity contribution < 1.29 is 13.9 Å². The summed E-state index contributed by atoms with van der Waals surface area (Å²) in [5, 5.41) is 3.63. The number of nitrogens with zero attached hydrogens (tertiary/aromatic N) is 7. The highest BCUT2D eigenvalue weighted by molar-refractivity contribution is 5.98. The van der Waals surface area contributed by atoms with Gasteiger partial charge in [-0.3, -0.25) is 9.80 Å². The van der Waals surface area contributed by atoms with E-state index >= 15 is 4.39 Å². The predicted molar refractivity (Wildman–Crippen MR) is 152 cm³/mol. The lowest BCUT2D eigenvalue weighted by atomic mass is 10.1. The van der Waals surface area contributed by atoms with Crippen molar-refractivity contribution in [1.29, 1.82) is 0 Å². The summed E-state index contributed by atoms with van der Waals surface area (Å²) in [6.07, 6.45) is 5.39. The Kier molecular flexibility index (Phi) is 7.77. The molecule has 40 heavy (non-hydrogen) atoms. The van der Waals surface area contributed by atoms with Gasteiger partial charge in [0.25, 0.3) is 0 Å². The van der Waals surface area contributed by atoms with Gasteiger partial charge in [-0.05, 0) is 58.4 Å². The highest BCUT2D eigenvalue weighted by Gasteiger charge is 2.24. The van der Waals surface area contributed by atoms with Crippen LogP contribution in [0.1, 0.15) is 40.2 Å². The maximum Gasteiger partial charge on any atom is 0.420 e. The smallest absolute Gasteiger partial charge is 0.420 e. The van der Waals surface area contributed by atoms with Crippen LogP contribution in [0, 0.1) is 5.82 Å². The third-order valence-corrected chi connectivity index (χ3v) is 6.76. The quantitative estimate of drug-likeness (QED) is 0.355. The van der Waals surface area contributed by atoms with E-state index in [2.05, 4.69) is 48.9 Å². The Balaban J connectivity index is 1.33. The number of anilines is 2. The summed E-state index contributed by atoms with van der Waals surface area (Å²) < 4.78 is 21.8. The van der Waals surface area contributed by atoms with Crippen LogP contribution in [-0.4, -0.2) is 78.2 Å². The largest absolute Gasteiger partial charge is 0.443 e. The van der Waals surface area contributed by atoms with E-state index < -0.39 is 17.5 Å². The molecule has 0 amide bonds. The molecule has 1 saturated heterocycles. The summed E-state index contributed by atoms with van der Waals surface area (Å²) >= 11 is 0. The number of rotatable bonds is 6. The number of fused-ring (bicyclic) bond motifs is 1. The zero-order valence-electron chi connectivity index (χ0n) is 23.6. The van der Waals surface area contributed by atoms with Gasteiger partial charge in [-0.15, -0.1) is 0 Å². The first-order valence-corrected chi connectivity index (χ1v) is 13.5. The van der Waals surface area contributed by atoms with Crippen LogP contribution in [0.2, 0.25) is 0 Å². The molecule has 10 nitrogen and oxygen atoms in total. The Morgan fingerprint density at radius 2 is 1.85 bits per heavy atom. The van der Waals surface area contributed by atoms with Gasteiger partial charge in [0, 0.05) is 68.3 Å². The Morgan fingerprint density at radius 3 is 2.52 bits per heavy atom. The summed E-state index contributed by atoms with van der Waals surface area (Å²) in [5.41, 5.74) is 1.20. The van der Waals surface area contributed by atoms with Gasteiger partial charge in [0.1, 0.15) is 22.8 Å². The van der Waals surface area contributed by atoms with Crippen LogP contribution < -0.4 is 5.32 Å². The van der Waals surface area contributed by atoms with Crippen LogP contribution in [0.4, 0.5) is 21.0 Å². The van der Waals surface area contributed by atoms with Gasteiger partial charge in [0.2, 0.25) is 5.95 Å². The van der Waals surface area contributed by atoms with Crippen molar-refractivity contribution in [2.24, 2.45) is 0 Å². The fourth-order valence-corrected chi connectivity index (χ4v) is 4.72. The molecule has 1 aliphatic rings. The van der Waals surface area contributed by atoms with Crippen molar-refractivity contribution in [2.45, 2.75) is 52.8 Å². The van der Waals surface area contributed by atoms with Crippen molar-refractivity contribution in [3.8, 4) is 11.3 Å². The molecule has 0 radical (unpaired) electrons. The Labute approximate surface area is 233 Å². The van der Waals surface area contributed by atoms with Gasteiger partial charge in [-0.25, -0.2) is 33.7 Å². The van der Waals surface area contributed by atoms with Gasteiger partial charge >= 0.3 is 6.09 Å². The summed E-state index contributed by atoms with van der Waals surface area (Å²) in [7, 11) is 0. The molecule has 4 aromatic heterocycles. The van der Waals surface area contributed by atoms with Gasteiger partial charge in [-0.1, -0.05) is 6.07 Å². The van der Waals surface area contributed by atoms with E-state index in [0.29, 0.717) is 28.5 Å².